The monoisotopic (exact) mass is 293 g/mol. The van der Waals surface area contributed by atoms with Crippen LogP contribution < -0.4 is 4.72 Å². The zero-order chi connectivity index (χ0) is 13.9. The van der Waals surface area contributed by atoms with E-state index < -0.39 is 10.0 Å². The fourth-order valence-corrected chi connectivity index (χ4v) is 2.85. The van der Waals surface area contributed by atoms with Gasteiger partial charge in [-0.15, -0.1) is 0 Å². The highest BCUT2D eigenvalue weighted by atomic mass is 35.5. The van der Waals surface area contributed by atoms with E-state index in [2.05, 4.69) is 9.71 Å². The van der Waals surface area contributed by atoms with Gasteiger partial charge in [0, 0.05) is 6.20 Å². The Kier molecular flexibility index (Phi) is 3.69. The fraction of sp³-hybridized carbons (Fsp3) is 0. The number of rotatable bonds is 3. The number of nitrogens with one attached hydrogen (secondary N) is 1. The van der Waals surface area contributed by atoms with Crippen LogP contribution in [0.1, 0.15) is 5.56 Å². The number of sulfonamides is 1. The molecule has 2 aromatic rings. The first kappa shape index (κ1) is 13.3. The van der Waals surface area contributed by atoms with Crippen LogP contribution in [0.15, 0.2) is 47.5 Å². The molecule has 7 heteroatoms. The molecular weight excluding hydrogens is 286 g/mol. The Hall–Kier alpha value is -2.10. The van der Waals surface area contributed by atoms with Crippen molar-refractivity contribution in [2.75, 3.05) is 4.72 Å². The molecule has 0 fully saturated rings. The van der Waals surface area contributed by atoms with Crippen molar-refractivity contribution in [3.8, 4) is 6.07 Å². The molecule has 1 aromatic heterocycles. The first-order chi connectivity index (χ1) is 9.03. The molecule has 0 spiro atoms. The van der Waals surface area contributed by atoms with E-state index in [0.29, 0.717) is 0 Å². The maximum atomic E-state index is 12.2. The maximum absolute atomic E-state index is 12.2. The van der Waals surface area contributed by atoms with Crippen LogP contribution in [0.5, 0.6) is 0 Å². The Bertz CT molecular complexity index is 754. The van der Waals surface area contributed by atoms with Gasteiger partial charge >= 0.3 is 0 Å². The largest absolute Gasteiger partial charge is 0.279 e. The minimum atomic E-state index is -3.83. The van der Waals surface area contributed by atoms with E-state index in [9.17, 15) is 8.42 Å². The van der Waals surface area contributed by atoms with Gasteiger partial charge in [0.15, 0.2) is 0 Å². The van der Waals surface area contributed by atoms with Crippen LogP contribution in [-0.4, -0.2) is 13.4 Å². The summed E-state index contributed by atoms with van der Waals surface area (Å²) in [4.78, 5) is 3.68. The highest BCUT2D eigenvalue weighted by Crippen LogP contribution is 2.20. The fourth-order valence-electron chi connectivity index (χ4n) is 1.47. The van der Waals surface area contributed by atoms with E-state index in [4.69, 9.17) is 16.9 Å². The van der Waals surface area contributed by atoms with Crippen molar-refractivity contribution in [1.29, 1.82) is 5.26 Å². The zero-order valence-electron chi connectivity index (χ0n) is 9.54. The third-order valence-corrected chi connectivity index (χ3v) is 3.92. The summed E-state index contributed by atoms with van der Waals surface area (Å²) in [6.07, 6.45) is 1.39. The van der Waals surface area contributed by atoms with Gasteiger partial charge in [-0.25, -0.2) is 13.4 Å². The molecule has 1 aromatic carbocycles. The number of halogens is 1. The van der Waals surface area contributed by atoms with Crippen LogP contribution >= 0.6 is 11.6 Å². The predicted molar refractivity (Wildman–Crippen MR) is 71.2 cm³/mol. The van der Waals surface area contributed by atoms with E-state index >= 15 is 0 Å². The number of benzene rings is 1. The van der Waals surface area contributed by atoms with Crippen molar-refractivity contribution in [1.82, 2.24) is 4.98 Å². The van der Waals surface area contributed by atoms with Gasteiger partial charge in [0.1, 0.15) is 16.1 Å². The molecule has 0 radical (unpaired) electrons. The molecular formula is C12H8ClN3O2S. The lowest BCUT2D eigenvalue weighted by atomic mass is 10.2. The smallest absolute Gasteiger partial charge is 0.263 e. The summed E-state index contributed by atoms with van der Waals surface area (Å²) in [6, 6.07) is 10.6. The Morgan fingerprint density at radius 2 is 2.00 bits per heavy atom. The molecule has 0 bridgehead atoms. The quantitative estimate of drug-likeness (QED) is 0.881. The lowest BCUT2D eigenvalue weighted by Gasteiger charge is -2.09. The van der Waals surface area contributed by atoms with Crippen molar-refractivity contribution in [2.45, 2.75) is 4.90 Å². The summed E-state index contributed by atoms with van der Waals surface area (Å²) in [5, 5.41) is 9.09. The second kappa shape index (κ2) is 5.26. The number of nitrogens with zero attached hydrogens (tertiary/aromatic N) is 2. The van der Waals surface area contributed by atoms with Crippen molar-refractivity contribution in [3.63, 3.8) is 0 Å². The molecule has 0 amide bonds. The number of hydrogen-bond acceptors (Lipinski definition) is 4. The van der Waals surface area contributed by atoms with E-state index in [1.54, 1.807) is 12.1 Å². The third kappa shape index (κ3) is 3.02. The van der Waals surface area contributed by atoms with Crippen LogP contribution in [-0.2, 0) is 10.0 Å². The Morgan fingerprint density at radius 1 is 1.26 bits per heavy atom. The van der Waals surface area contributed by atoms with Gasteiger partial charge in [0.2, 0.25) is 0 Å². The molecule has 0 aliphatic heterocycles. The van der Waals surface area contributed by atoms with E-state index in [0.717, 1.165) is 0 Å². The molecule has 5 nitrogen and oxygen atoms in total. The van der Waals surface area contributed by atoms with Gasteiger partial charge < -0.3 is 0 Å². The summed E-state index contributed by atoms with van der Waals surface area (Å²) in [6.45, 7) is 0. The number of anilines is 1. The van der Waals surface area contributed by atoms with Crippen LogP contribution in [0.2, 0.25) is 5.15 Å². The lowest BCUT2D eigenvalue weighted by molar-refractivity contribution is 0.601. The van der Waals surface area contributed by atoms with Gasteiger partial charge in [0.25, 0.3) is 10.0 Å². The van der Waals surface area contributed by atoms with Gasteiger partial charge in [-0.3, -0.25) is 4.72 Å². The molecule has 96 valence electrons. The first-order valence-corrected chi connectivity index (χ1v) is 7.02. The predicted octanol–water partition coefficient (Wildman–Crippen LogP) is 2.41. The van der Waals surface area contributed by atoms with Crippen molar-refractivity contribution in [2.24, 2.45) is 0 Å². The van der Waals surface area contributed by atoms with Gasteiger partial charge in [-0.05, 0) is 24.3 Å². The normalized spacial score (nSPS) is 10.7. The summed E-state index contributed by atoms with van der Waals surface area (Å²) < 4.78 is 26.7. The molecule has 1 N–H and O–H groups in total. The van der Waals surface area contributed by atoms with Crippen LogP contribution in [0.25, 0.3) is 0 Å². The summed E-state index contributed by atoms with van der Waals surface area (Å²) in [5.74, 6) is 0. The van der Waals surface area contributed by atoms with Gasteiger partial charge in [-0.1, -0.05) is 23.7 Å². The molecule has 19 heavy (non-hydrogen) atoms. The van der Waals surface area contributed by atoms with Crippen LogP contribution in [0.3, 0.4) is 0 Å². The third-order valence-electron chi connectivity index (χ3n) is 2.28. The van der Waals surface area contributed by atoms with Crippen molar-refractivity contribution < 1.29 is 8.42 Å². The van der Waals surface area contributed by atoms with Crippen LogP contribution in [0.4, 0.5) is 5.69 Å². The summed E-state index contributed by atoms with van der Waals surface area (Å²) in [7, 11) is -3.83. The molecule has 0 aliphatic carbocycles. The average molecular weight is 294 g/mol. The number of aromatic nitrogens is 1. The second-order valence-electron chi connectivity index (χ2n) is 3.58. The molecule has 0 saturated carbocycles. The Balaban J connectivity index is 2.41. The van der Waals surface area contributed by atoms with E-state index in [1.807, 2.05) is 6.07 Å². The first-order valence-electron chi connectivity index (χ1n) is 5.16. The minimum Gasteiger partial charge on any atom is -0.279 e. The molecule has 0 aliphatic rings. The zero-order valence-corrected chi connectivity index (χ0v) is 11.1. The Morgan fingerprint density at radius 3 is 2.68 bits per heavy atom. The minimum absolute atomic E-state index is 0.0783. The highest BCUT2D eigenvalue weighted by Gasteiger charge is 2.18. The summed E-state index contributed by atoms with van der Waals surface area (Å²) in [5.41, 5.74) is 0.364. The van der Waals surface area contributed by atoms with E-state index in [1.165, 1.54) is 30.5 Å². The van der Waals surface area contributed by atoms with Gasteiger partial charge in [0.05, 0.1) is 11.3 Å². The van der Waals surface area contributed by atoms with Crippen LogP contribution in [0, 0.1) is 11.3 Å². The molecule has 2 rings (SSSR count). The average Bonchev–Trinajstić information content (AvgIpc) is 2.38. The standard InChI is InChI=1S/C12H8ClN3O2S/c13-12-7-10(5-6-15-12)16-19(17,18)11-4-2-1-3-9(11)8-14/h1-7H,(H,15,16). The molecule has 0 atom stereocenters. The lowest BCUT2D eigenvalue weighted by Crippen LogP contribution is -2.14. The van der Waals surface area contributed by atoms with Crippen molar-refractivity contribution >= 4 is 27.3 Å². The SMILES string of the molecule is N#Cc1ccccc1S(=O)(=O)Nc1ccnc(Cl)c1. The van der Waals surface area contributed by atoms with Gasteiger partial charge in [-0.2, -0.15) is 5.26 Å². The van der Waals surface area contributed by atoms with E-state index in [-0.39, 0.29) is 21.3 Å². The topological polar surface area (TPSA) is 82.8 Å². The maximum Gasteiger partial charge on any atom is 0.263 e. The Labute approximate surface area is 115 Å². The number of hydrogen-bond donors (Lipinski definition) is 1. The number of nitriles is 1. The van der Waals surface area contributed by atoms with Crippen molar-refractivity contribution in [3.05, 3.63) is 53.3 Å². The number of pyridine rings is 1. The molecule has 1 heterocycles. The molecule has 0 unspecified atom stereocenters. The highest BCUT2D eigenvalue weighted by molar-refractivity contribution is 7.92. The summed E-state index contributed by atoms with van der Waals surface area (Å²) >= 11 is 5.68. The molecule has 0 saturated heterocycles. The second-order valence-corrected chi connectivity index (χ2v) is 5.62.